The number of amides is 4. The predicted octanol–water partition coefficient (Wildman–Crippen LogP) is 2.78. The number of likely N-dealkylation sites (N-methyl/N-ethyl adjacent to an activating group) is 2. The largest absolute Gasteiger partial charge is 0.333 e. The second kappa shape index (κ2) is 6.26. The molecule has 0 aromatic carbocycles. The molecule has 0 unspecified atom stereocenters. The summed E-state index contributed by atoms with van der Waals surface area (Å²) in [5, 5.41) is 0. The Morgan fingerprint density at radius 2 is 1.52 bits per heavy atom. The van der Waals surface area contributed by atoms with Crippen molar-refractivity contribution in [3.8, 4) is 0 Å². The first-order valence-electron chi connectivity index (χ1n) is 6.73. The van der Waals surface area contributed by atoms with E-state index in [9.17, 15) is 14.4 Å². The van der Waals surface area contributed by atoms with E-state index in [-0.39, 0.29) is 5.57 Å². The molecular formula is C17H16N2O3S. The van der Waals surface area contributed by atoms with Gasteiger partial charge in [0.15, 0.2) is 0 Å². The summed E-state index contributed by atoms with van der Waals surface area (Å²) in [6, 6.07) is -0.657. The second-order valence-electron chi connectivity index (χ2n) is 4.84. The number of allylic oxidation sites excluding steroid dienone is 6. The van der Waals surface area contributed by atoms with Gasteiger partial charge in [0.05, 0.1) is 0 Å². The average molecular weight is 328 g/mol. The summed E-state index contributed by atoms with van der Waals surface area (Å²) in [6.45, 7) is 11.2. The second-order valence-corrected chi connectivity index (χ2v) is 5.95. The zero-order valence-electron chi connectivity index (χ0n) is 13.0. The molecular weight excluding hydrogens is 312 g/mol. The maximum atomic E-state index is 12.5. The smallest absolute Gasteiger partial charge is 0.268 e. The number of hydrogen-bond acceptors (Lipinski definition) is 4. The van der Waals surface area contributed by atoms with Gasteiger partial charge >= 0.3 is 6.03 Å². The molecule has 0 atom stereocenters. The van der Waals surface area contributed by atoms with Crippen LogP contribution in [0.15, 0.2) is 70.6 Å². The molecule has 0 aromatic rings. The minimum Gasteiger partial charge on any atom is -0.268 e. The average Bonchev–Trinajstić information content (AvgIpc) is 2.57. The van der Waals surface area contributed by atoms with Gasteiger partial charge in [-0.25, -0.2) is 4.79 Å². The van der Waals surface area contributed by atoms with E-state index in [4.69, 9.17) is 0 Å². The molecule has 2 heterocycles. The maximum Gasteiger partial charge on any atom is 0.333 e. The highest BCUT2D eigenvalue weighted by Crippen LogP contribution is 2.40. The van der Waals surface area contributed by atoms with Crippen molar-refractivity contribution >= 4 is 29.6 Å². The summed E-state index contributed by atoms with van der Waals surface area (Å²) in [4.78, 5) is 40.2. The number of thioether (sulfide) groups is 1. The lowest BCUT2D eigenvalue weighted by atomic mass is 9.95. The van der Waals surface area contributed by atoms with Crippen LogP contribution in [-0.2, 0) is 9.59 Å². The normalized spacial score (nSPS) is 19.2. The number of carbonyl (C=O) groups is 3. The fraction of sp³-hybridized carbons (Fsp3) is 0.118. The van der Waals surface area contributed by atoms with Gasteiger partial charge in [-0.2, -0.15) is 0 Å². The molecule has 0 N–H and O–H groups in total. The van der Waals surface area contributed by atoms with E-state index >= 15 is 0 Å². The van der Waals surface area contributed by atoms with E-state index in [1.165, 1.54) is 25.9 Å². The van der Waals surface area contributed by atoms with Crippen LogP contribution in [0, 0.1) is 0 Å². The first kappa shape index (κ1) is 16.8. The molecule has 0 aromatic heterocycles. The van der Waals surface area contributed by atoms with Crippen LogP contribution in [0.4, 0.5) is 4.79 Å². The molecule has 0 bridgehead atoms. The van der Waals surface area contributed by atoms with Crippen LogP contribution in [0.3, 0.4) is 0 Å². The van der Waals surface area contributed by atoms with Gasteiger partial charge in [0, 0.05) is 29.5 Å². The number of rotatable bonds is 3. The van der Waals surface area contributed by atoms with Crippen molar-refractivity contribution in [1.29, 1.82) is 0 Å². The third-order valence-corrected chi connectivity index (χ3v) is 4.67. The van der Waals surface area contributed by atoms with Crippen LogP contribution in [0.2, 0.25) is 0 Å². The van der Waals surface area contributed by atoms with E-state index in [0.29, 0.717) is 11.1 Å². The Hall–Kier alpha value is -2.60. The third-order valence-electron chi connectivity index (χ3n) is 3.54. The molecule has 2 aliphatic rings. The van der Waals surface area contributed by atoms with Gasteiger partial charge in [-0.05, 0) is 11.6 Å². The van der Waals surface area contributed by atoms with Crippen molar-refractivity contribution in [3.63, 3.8) is 0 Å². The highest BCUT2D eigenvalue weighted by Gasteiger charge is 2.40. The van der Waals surface area contributed by atoms with E-state index in [1.807, 2.05) is 0 Å². The number of urea groups is 1. The number of nitrogens with zero attached hydrogens (tertiary/aromatic N) is 2. The molecule has 0 radical (unpaired) electrons. The molecule has 1 fully saturated rings. The lowest BCUT2D eigenvalue weighted by Gasteiger charge is -2.31. The van der Waals surface area contributed by atoms with Crippen molar-refractivity contribution in [1.82, 2.24) is 9.80 Å². The maximum absolute atomic E-state index is 12.5. The van der Waals surface area contributed by atoms with Gasteiger partial charge in [0.25, 0.3) is 11.8 Å². The summed E-state index contributed by atoms with van der Waals surface area (Å²) in [5.74, 6) is -1.27. The summed E-state index contributed by atoms with van der Waals surface area (Å²) < 4.78 is 0. The first-order chi connectivity index (χ1) is 10.9. The monoisotopic (exact) mass is 328 g/mol. The number of imide groups is 2. The van der Waals surface area contributed by atoms with Crippen LogP contribution in [-0.4, -0.2) is 41.7 Å². The fourth-order valence-electron chi connectivity index (χ4n) is 2.29. The van der Waals surface area contributed by atoms with Crippen molar-refractivity contribution in [3.05, 3.63) is 70.6 Å². The Morgan fingerprint density at radius 1 is 0.957 bits per heavy atom. The van der Waals surface area contributed by atoms with Crippen molar-refractivity contribution < 1.29 is 14.4 Å². The number of barbiturate groups is 1. The standard InChI is InChI=1S/C17H16N2O3S/c1-6-10-9-12(11(7-2)13(8-3)23-10)14-15(20)18(4)17(22)19(5)16(14)21/h6-9H,1-3H2,4-5H3. The molecule has 0 spiro atoms. The Labute approximate surface area is 139 Å². The Morgan fingerprint density at radius 3 is 1.96 bits per heavy atom. The van der Waals surface area contributed by atoms with Gasteiger partial charge in [-0.3, -0.25) is 19.4 Å². The fourth-order valence-corrected chi connectivity index (χ4v) is 3.19. The van der Waals surface area contributed by atoms with E-state index in [1.54, 1.807) is 24.3 Å². The van der Waals surface area contributed by atoms with Gasteiger partial charge in [-0.1, -0.05) is 49.7 Å². The van der Waals surface area contributed by atoms with Crippen molar-refractivity contribution in [2.45, 2.75) is 0 Å². The molecule has 118 valence electrons. The van der Waals surface area contributed by atoms with Gasteiger partial charge in [0.2, 0.25) is 0 Å². The molecule has 5 nitrogen and oxygen atoms in total. The Bertz CT molecular complexity index is 730. The topological polar surface area (TPSA) is 57.7 Å². The molecule has 2 rings (SSSR count). The van der Waals surface area contributed by atoms with Crippen molar-refractivity contribution in [2.24, 2.45) is 0 Å². The highest BCUT2D eigenvalue weighted by atomic mass is 32.2. The predicted molar refractivity (Wildman–Crippen MR) is 91.3 cm³/mol. The Kier molecular flexibility index (Phi) is 4.56. The minimum atomic E-state index is -0.657. The summed E-state index contributed by atoms with van der Waals surface area (Å²) in [6.07, 6.45) is 6.53. The molecule has 4 amide bonds. The zero-order valence-corrected chi connectivity index (χ0v) is 13.8. The van der Waals surface area contributed by atoms with Crippen molar-refractivity contribution in [2.75, 3.05) is 14.1 Å². The van der Waals surface area contributed by atoms with Crippen LogP contribution in [0.1, 0.15) is 0 Å². The highest BCUT2D eigenvalue weighted by molar-refractivity contribution is 8.07. The summed E-state index contributed by atoms with van der Waals surface area (Å²) in [5.41, 5.74) is 0.983. The van der Waals surface area contributed by atoms with E-state index in [0.717, 1.165) is 19.6 Å². The van der Waals surface area contributed by atoms with Gasteiger partial charge in [-0.15, -0.1) is 0 Å². The zero-order chi connectivity index (χ0) is 17.3. The van der Waals surface area contributed by atoms with Gasteiger partial charge in [0.1, 0.15) is 5.57 Å². The molecule has 2 aliphatic heterocycles. The minimum absolute atomic E-state index is 0.0662. The third kappa shape index (κ3) is 2.61. The van der Waals surface area contributed by atoms with Crippen LogP contribution in [0.25, 0.3) is 0 Å². The summed E-state index contributed by atoms with van der Waals surface area (Å²) >= 11 is 1.42. The van der Waals surface area contributed by atoms with E-state index < -0.39 is 17.8 Å². The van der Waals surface area contributed by atoms with Crippen LogP contribution >= 0.6 is 11.8 Å². The number of carbonyl (C=O) groups excluding carboxylic acids is 3. The van der Waals surface area contributed by atoms with Crippen LogP contribution < -0.4 is 0 Å². The molecule has 0 saturated carbocycles. The lowest BCUT2D eigenvalue weighted by molar-refractivity contribution is -0.134. The SMILES string of the molecule is C=CC1=CC(=C2C(=O)N(C)C(=O)N(C)C2=O)C(C=C)=C(C=C)S1. The van der Waals surface area contributed by atoms with E-state index in [2.05, 4.69) is 19.7 Å². The lowest BCUT2D eigenvalue weighted by Crippen LogP contribution is -2.53. The number of hydrogen-bond donors (Lipinski definition) is 0. The van der Waals surface area contributed by atoms with Crippen LogP contribution in [0.5, 0.6) is 0 Å². The molecule has 23 heavy (non-hydrogen) atoms. The molecule has 1 saturated heterocycles. The molecule has 6 heteroatoms. The Balaban J connectivity index is 2.79. The molecule has 0 aliphatic carbocycles. The summed E-state index contributed by atoms with van der Waals surface area (Å²) in [7, 11) is 2.69. The van der Waals surface area contributed by atoms with Gasteiger partial charge < -0.3 is 0 Å². The first-order valence-corrected chi connectivity index (χ1v) is 7.54. The quantitative estimate of drug-likeness (QED) is 0.590.